The van der Waals surface area contributed by atoms with Crippen LogP contribution in [0, 0.1) is 0 Å². The van der Waals surface area contributed by atoms with E-state index in [1.54, 1.807) is 25.3 Å². The van der Waals surface area contributed by atoms with Crippen molar-refractivity contribution in [2.45, 2.75) is 0 Å². The molecule has 0 bridgehead atoms. The Labute approximate surface area is 118 Å². The van der Waals surface area contributed by atoms with Crippen LogP contribution in [0.25, 0.3) is 6.08 Å². The lowest BCUT2D eigenvalue weighted by Gasteiger charge is -2.00. The molecule has 0 heterocycles. The first-order valence-corrected chi connectivity index (χ1v) is 6.16. The lowest BCUT2D eigenvalue weighted by atomic mass is 10.2. The Balaban J connectivity index is 2.87. The second kappa shape index (κ2) is 6.84. The molecule has 2 nitrogen and oxygen atoms in total. The smallest absolute Gasteiger partial charge is 0.195 e. The minimum absolute atomic E-state index is 0.0740. The van der Waals surface area contributed by atoms with E-state index in [-0.39, 0.29) is 10.3 Å². The Morgan fingerprint density at radius 1 is 1.29 bits per heavy atom. The van der Waals surface area contributed by atoms with Crippen LogP contribution in [0.2, 0.25) is 0 Å². The predicted molar refractivity (Wildman–Crippen MR) is 74.7 cm³/mol. The van der Waals surface area contributed by atoms with Gasteiger partial charge in [-0.25, -0.2) is 0 Å². The highest BCUT2D eigenvalue weighted by molar-refractivity contribution is 9.12. The number of ketones is 1. The first kappa shape index (κ1) is 14.3. The van der Waals surface area contributed by atoms with E-state index in [1.165, 1.54) is 0 Å². The summed E-state index contributed by atoms with van der Waals surface area (Å²) in [7, 11) is 1.59. The van der Waals surface area contributed by atoms with Crippen molar-refractivity contribution in [3.8, 4) is 5.75 Å². The van der Waals surface area contributed by atoms with E-state index in [4.69, 9.17) is 27.9 Å². The van der Waals surface area contributed by atoms with Gasteiger partial charge in [-0.15, -0.1) is 0 Å². The fourth-order valence-electron chi connectivity index (χ4n) is 1.09. The van der Waals surface area contributed by atoms with Crippen molar-refractivity contribution in [1.82, 2.24) is 0 Å². The molecule has 1 aromatic carbocycles. The van der Waals surface area contributed by atoms with E-state index in [1.807, 2.05) is 12.1 Å². The number of carbonyl (C=O) groups is 1. The zero-order chi connectivity index (χ0) is 12.8. The quantitative estimate of drug-likeness (QED) is 0.766. The highest BCUT2D eigenvalue weighted by Gasteiger charge is 2.04. The largest absolute Gasteiger partial charge is 0.497 e. The van der Waals surface area contributed by atoms with Crippen LogP contribution in [0.3, 0.4) is 0 Å². The molecule has 0 unspecified atom stereocenters. The topological polar surface area (TPSA) is 26.3 Å². The summed E-state index contributed by atoms with van der Waals surface area (Å²) >= 11 is 14.0. The molecule has 0 aliphatic carbocycles. The molecule has 0 saturated heterocycles. The number of allylic oxidation sites excluding steroid dienone is 2. The monoisotopic (exact) mass is 334 g/mol. The third-order valence-corrected chi connectivity index (χ3v) is 2.72. The summed E-state index contributed by atoms with van der Waals surface area (Å²) in [5.41, 5.74) is 0.866. The molecule has 0 radical (unpaired) electrons. The van der Waals surface area contributed by atoms with Crippen LogP contribution in [0.5, 0.6) is 5.75 Å². The van der Waals surface area contributed by atoms with Crippen LogP contribution in [-0.4, -0.2) is 12.9 Å². The number of hydrogen-bond donors (Lipinski definition) is 0. The van der Waals surface area contributed by atoms with Crippen molar-refractivity contribution < 1.29 is 9.53 Å². The van der Waals surface area contributed by atoms with Crippen molar-refractivity contribution >= 4 is 51.0 Å². The number of methoxy groups -OCH3 is 1. The Bertz CT molecular complexity index is 460. The summed E-state index contributed by atoms with van der Waals surface area (Å²) in [6, 6.07) is 7.28. The third-order valence-electron chi connectivity index (χ3n) is 1.88. The van der Waals surface area contributed by atoms with Gasteiger partial charge in [-0.1, -0.05) is 35.3 Å². The standard InChI is InChI=1S/C12H9BrCl2O2/c1-17-9-4-2-8(3-5-9)6-10(13)11(16)7-12(14)15/h2-7H,1H3. The van der Waals surface area contributed by atoms with Crippen LogP contribution < -0.4 is 4.74 Å². The molecule has 0 fully saturated rings. The van der Waals surface area contributed by atoms with Gasteiger partial charge in [0, 0.05) is 6.08 Å². The summed E-state index contributed by atoms with van der Waals surface area (Å²) in [5, 5.41) is 0. The third kappa shape index (κ3) is 4.94. The summed E-state index contributed by atoms with van der Waals surface area (Å²) in [5.74, 6) is 0.467. The van der Waals surface area contributed by atoms with Crippen molar-refractivity contribution in [2.75, 3.05) is 7.11 Å². The van der Waals surface area contributed by atoms with Crippen LogP contribution in [0.1, 0.15) is 5.56 Å². The molecule has 0 saturated carbocycles. The number of carbonyl (C=O) groups excluding carboxylic acids is 1. The lowest BCUT2D eigenvalue weighted by Crippen LogP contribution is -1.91. The molecular formula is C12H9BrCl2O2. The fraction of sp³-hybridized carbons (Fsp3) is 0.0833. The van der Waals surface area contributed by atoms with Gasteiger partial charge in [0.1, 0.15) is 10.2 Å². The molecule has 0 aliphatic rings. The molecule has 0 aromatic heterocycles. The van der Waals surface area contributed by atoms with E-state index in [0.717, 1.165) is 17.4 Å². The van der Waals surface area contributed by atoms with E-state index in [0.29, 0.717) is 4.48 Å². The molecule has 1 aromatic rings. The normalized spacial score (nSPS) is 10.9. The molecule has 5 heteroatoms. The van der Waals surface area contributed by atoms with E-state index >= 15 is 0 Å². The average Bonchev–Trinajstić information content (AvgIpc) is 2.29. The van der Waals surface area contributed by atoms with Gasteiger partial charge in [-0.2, -0.15) is 0 Å². The van der Waals surface area contributed by atoms with Gasteiger partial charge in [0.2, 0.25) is 0 Å². The molecular weight excluding hydrogens is 327 g/mol. The van der Waals surface area contributed by atoms with Gasteiger partial charge in [-0.3, -0.25) is 4.79 Å². The van der Waals surface area contributed by atoms with E-state index in [9.17, 15) is 4.79 Å². The average molecular weight is 336 g/mol. The molecule has 0 aliphatic heterocycles. The van der Waals surface area contributed by atoms with E-state index < -0.39 is 0 Å². The van der Waals surface area contributed by atoms with Gasteiger partial charge in [-0.05, 0) is 39.7 Å². The van der Waals surface area contributed by atoms with Crippen molar-refractivity contribution in [1.29, 1.82) is 0 Å². The Kier molecular flexibility index (Phi) is 5.75. The SMILES string of the molecule is COc1ccc(C=C(Br)C(=O)C=C(Cl)Cl)cc1. The Morgan fingerprint density at radius 3 is 2.35 bits per heavy atom. The predicted octanol–water partition coefficient (Wildman–Crippen LogP) is 4.32. The highest BCUT2D eigenvalue weighted by Crippen LogP contribution is 2.18. The molecule has 0 atom stereocenters. The minimum Gasteiger partial charge on any atom is -0.497 e. The maximum Gasteiger partial charge on any atom is 0.195 e. The van der Waals surface area contributed by atoms with Crippen LogP contribution in [-0.2, 0) is 4.79 Å². The van der Waals surface area contributed by atoms with Crippen molar-refractivity contribution in [3.63, 3.8) is 0 Å². The second-order valence-electron chi connectivity index (χ2n) is 3.06. The minimum atomic E-state index is -0.291. The highest BCUT2D eigenvalue weighted by atomic mass is 79.9. The number of halogens is 3. The van der Waals surface area contributed by atoms with Gasteiger partial charge in [0.05, 0.1) is 11.6 Å². The summed E-state index contributed by atoms with van der Waals surface area (Å²) in [6.07, 6.45) is 2.81. The number of benzene rings is 1. The lowest BCUT2D eigenvalue weighted by molar-refractivity contribution is -0.110. The van der Waals surface area contributed by atoms with Crippen molar-refractivity contribution in [2.24, 2.45) is 0 Å². The summed E-state index contributed by atoms with van der Waals surface area (Å²) in [4.78, 5) is 11.5. The molecule has 17 heavy (non-hydrogen) atoms. The fourth-order valence-corrected chi connectivity index (χ4v) is 1.66. The Morgan fingerprint density at radius 2 is 1.88 bits per heavy atom. The first-order valence-electron chi connectivity index (χ1n) is 4.61. The van der Waals surface area contributed by atoms with Crippen LogP contribution >= 0.6 is 39.1 Å². The Hall–Kier alpha value is -0.770. The maximum absolute atomic E-state index is 11.5. The first-order chi connectivity index (χ1) is 8.02. The zero-order valence-electron chi connectivity index (χ0n) is 8.91. The summed E-state index contributed by atoms with van der Waals surface area (Å²) in [6.45, 7) is 0. The van der Waals surface area contributed by atoms with Crippen LogP contribution in [0.4, 0.5) is 0 Å². The molecule has 90 valence electrons. The van der Waals surface area contributed by atoms with Crippen molar-refractivity contribution in [3.05, 3.63) is 44.9 Å². The maximum atomic E-state index is 11.5. The number of rotatable bonds is 4. The van der Waals surface area contributed by atoms with E-state index in [2.05, 4.69) is 15.9 Å². The molecule has 1 rings (SSSR count). The molecule has 0 N–H and O–H groups in total. The molecule has 0 spiro atoms. The second-order valence-corrected chi connectivity index (χ2v) is 4.93. The summed E-state index contributed by atoms with van der Waals surface area (Å²) < 4.78 is 5.33. The zero-order valence-corrected chi connectivity index (χ0v) is 12.0. The van der Waals surface area contributed by atoms with Gasteiger partial charge in [0.25, 0.3) is 0 Å². The number of hydrogen-bond acceptors (Lipinski definition) is 2. The van der Waals surface area contributed by atoms with Gasteiger partial charge >= 0.3 is 0 Å². The van der Waals surface area contributed by atoms with Crippen LogP contribution in [0.15, 0.2) is 39.3 Å². The van der Waals surface area contributed by atoms with Gasteiger partial charge < -0.3 is 4.74 Å². The number of ether oxygens (including phenoxy) is 1. The van der Waals surface area contributed by atoms with Gasteiger partial charge in [0.15, 0.2) is 5.78 Å². The molecule has 0 amide bonds.